The summed E-state index contributed by atoms with van der Waals surface area (Å²) >= 11 is 0. The fourth-order valence-corrected chi connectivity index (χ4v) is 1.79. The number of nitrogens with zero attached hydrogens (tertiary/aromatic N) is 2. The van der Waals surface area contributed by atoms with Gasteiger partial charge in [-0.2, -0.15) is 8.42 Å². The molecule has 13 heavy (non-hydrogen) atoms. The lowest BCUT2D eigenvalue weighted by atomic mass is 10.3. The first-order valence-electron chi connectivity index (χ1n) is 4.30. The number of hydrogen-bond acceptors (Lipinski definition) is 4. The van der Waals surface area contributed by atoms with Gasteiger partial charge in [-0.25, -0.2) is 0 Å². The average Bonchev–Trinajstić information content (AvgIpc) is 2.02. The molecule has 78 valence electrons. The molecule has 0 spiro atoms. The summed E-state index contributed by atoms with van der Waals surface area (Å²) in [6, 6.07) is 0. The van der Waals surface area contributed by atoms with Crippen molar-refractivity contribution in [1.29, 1.82) is 0 Å². The lowest BCUT2D eigenvalue weighted by molar-refractivity contribution is 0.160. The topological polar surface area (TPSA) is 40.6 Å². The molecular weight excluding hydrogens is 195 g/mol. The minimum absolute atomic E-state index is 0.312. The van der Waals surface area contributed by atoms with Gasteiger partial charge in [0.1, 0.15) is 0 Å². The van der Waals surface area contributed by atoms with Crippen LogP contribution in [0.4, 0.5) is 3.89 Å². The molecule has 0 aromatic heterocycles. The van der Waals surface area contributed by atoms with E-state index < -0.39 is 10.2 Å². The fourth-order valence-electron chi connectivity index (χ4n) is 1.31. The maximum atomic E-state index is 12.2. The van der Waals surface area contributed by atoms with E-state index in [9.17, 15) is 12.3 Å². The first-order chi connectivity index (χ1) is 5.97. The molecule has 0 N–H and O–H groups in total. The predicted molar refractivity (Wildman–Crippen MR) is 48.8 cm³/mol. The Morgan fingerprint density at radius 2 is 1.77 bits per heavy atom. The van der Waals surface area contributed by atoms with Gasteiger partial charge in [-0.1, -0.05) is 0 Å². The number of likely N-dealkylation sites (N-methyl/N-ethyl adjacent to an activating group) is 1. The first-order valence-corrected chi connectivity index (χ1v) is 5.86. The highest BCUT2D eigenvalue weighted by atomic mass is 32.3. The van der Waals surface area contributed by atoms with Crippen LogP contribution < -0.4 is 0 Å². The summed E-state index contributed by atoms with van der Waals surface area (Å²) in [5, 5.41) is 0. The molecular formula is C7H15FN2O2S. The van der Waals surface area contributed by atoms with Crippen molar-refractivity contribution in [3.05, 3.63) is 0 Å². The van der Waals surface area contributed by atoms with Crippen LogP contribution in [0.25, 0.3) is 0 Å². The van der Waals surface area contributed by atoms with Crippen molar-refractivity contribution >= 4 is 10.2 Å². The zero-order valence-corrected chi connectivity index (χ0v) is 8.56. The summed E-state index contributed by atoms with van der Waals surface area (Å²) in [5.74, 6) is -0.378. The molecule has 0 amide bonds. The molecule has 0 atom stereocenters. The van der Waals surface area contributed by atoms with Gasteiger partial charge in [-0.15, -0.1) is 3.89 Å². The third kappa shape index (κ3) is 4.54. The second-order valence-electron chi connectivity index (χ2n) is 3.39. The van der Waals surface area contributed by atoms with Crippen molar-refractivity contribution in [2.75, 3.05) is 45.5 Å². The van der Waals surface area contributed by atoms with Crippen LogP contribution in [0.3, 0.4) is 0 Å². The monoisotopic (exact) mass is 210 g/mol. The Hall–Kier alpha value is -0.200. The third-order valence-corrected chi connectivity index (χ3v) is 2.92. The van der Waals surface area contributed by atoms with Crippen LogP contribution in [0, 0.1) is 0 Å². The number of hydrogen-bond donors (Lipinski definition) is 0. The molecule has 0 aromatic rings. The zero-order chi connectivity index (χ0) is 9.90. The van der Waals surface area contributed by atoms with Crippen LogP contribution in [-0.2, 0) is 10.2 Å². The summed E-state index contributed by atoms with van der Waals surface area (Å²) in [5.41, 5.74) is 0. The molecule has 0 aromatic carbocycles. The van der Waals surface area contributed by atoms with E-state index in [2.05, 4.69) is 4.90 Å². The normalized spacial score (nSPS) is 22.0. The fraction of sp³-hybridized carbons (Fsp3) is 1.00. The Kier molecular flexibility index (Phi) is 3.63. The van der Waals surface area contributed by atoms with Crippen LogP contribution in [0.2, 0.25) is 0 Å². The Morgan fingerprint density at radius 3 is 2.23 bits per heavy atom. The van der Waals surface area contributed by atoms with Gasteiger partial charge in [0, 0.05) is 32.7 Å². The van der Waals surface area contributed by atoms with E-state index in [0.717, 1.165) is 26.2 Å². The Balaban J connectivity index is 2.24. The molecule has 0 unspecified atom stereocenters. The van der Waals surface area contributed by atoms with Crippen molar-refractivity contribution in [2.24, 2.45) is 0 Å². The molecule has 1 aliphatic heterocycles. The van der Waals surface area contributed by atoms with Crippen LogP contribution in [-0.4, -0.2) is 63.7 Å². The molecule has 1 fully saturated rings. The van der Waals surface area contributed by atoms with Gasteiger partial charge in [0.15, 0.2) is 0 Å². The molecule has 1 aliphatic rings. The van der Waals surface area contributed by atoms with E-state index in [1.807, 2.05) is 11.9 Å². The van der Waals surface area contributed by atoms with E-state index in [0.29, 0.717) is 6.54 Å². The highest BCUT2D eigenvalue weighted by Crippen LogP contribution is 2.00. The summed E-state index contributed by atoms with van der Waals surface area (Å²) in [6.45, 7) is 3.81. The first kappa shape index (κ1) is 10.9. The predicted octanol–water partition coefficient (Wildman–Crippen LogP) is -0.467. The van der Waals surface area contributed by atoms with Crippen LogP contribution in [0.5, 0.6) is 0 Å². The summed E-state index contributed by atoms with van der Waals surface area (Å²) in [7, 11) is -2.28. The maximum Gasteiger partial charge on any atom is 0.303 e. The molecule has 0 aliphatic carbocycles. The molecule has 1 rings (SSSR count). The maximum absolute atomic E-state index is 12.2. The van der Waals surface area contributed by atoms with Crippen molar-refractivity contribution in [3.8, 4) is 0 Å². The standard InChI is InChI=1S/C7H15FN2O2S/c1-9-2-4-10(5-3-9)6-7-13(8,11)12/h2-7H2,1H3. The largest absolute Gasteiger partial charge is 0.304 e. The second-order valence-corrected chi connectivity index (χ2v) is 4.87. The van der Waals surface area contributed by atoms with E-state index in [4.69, 9.17) is 0 Å². The number of halogens is 1. The third-order valence-electron chi connectivity index (χ3n) is 2.25. The Labute approximate surface area is 78.5 Å². The lowest BCUT2D eigenvalue weighted by Crippen LogP contribution is -2.45. The highest BCUT2D eigenvalue weighted by Gasteiger charge is 2.16. The molecule has 0 bridgehead atoms. The van der Waals surface area contributed by atoms with Gasteiger partial charge in [0.2, 0.25) is 0 Å². The van der Waals surface area contributed by atoms with Gasteiger partial charge in [0.25, 0.3) is 0 Å². The average molecular weight is 210 g/mol. The van der Waals surface area contributed by atoms with Crippen molar-refractivity contribution in [2.45, 2.75) is 0 Å². The minimum Gasteiger partial charge on any atom is -0.304 e. The van der Waals surface area contributed by atoms with Gasteiger partial charge in [-0.3, -0.25) is 4.90 Å². The summed E-state index contributed by atoms with van der Waals surface area (Å²) in [4.78, 5) is 4.14. The summed E-state index contributed by atoms with van der Waals surface area (Å²) < 4.78 is 32.6. The van der Waals surface area contributed by atoms with Crippen molar-refractivity contribution in [1.82, 2.24) is 9.80 Å². The second kappa shape index (κ2) is 4.34. The smallest absolute Gasteiger partial charge is 0.303 e. The molecule has 1 heterocycles. The van der Waals surface area contributed by atoms with Gasteiger partial charge >= 0.3 is 10.2 Å². The molecule has 0 radical (unpaired) electrons. The van der Waals surface area contributed by atoms with Crippen LogP contribution >= 0.6 is 0 Å². The van der Waals surface area contributed by atoms with Gasteiger partial charge in [-0.05, 0) is 7.05 Å². The van der Waals surface area contributed by atoms with E-state index in [1.54, 1.807) is 0 Å². The van der Waals surface area contributed by atoms with Crippen LogP contribution in [0.1, 0.15) is 0 Å². The Bertz CT molecular complexity index is 247. The number of piperazine rings is 1. The minimum atomic E-state index is -4.29. The molecule has 6 heteroatoms. The zero-order valence-electron chi connectivity index (χ0n) is 7.74. The quantitative estimate of drug-likeness (QED) is 0.591. The number of rotatable bonds is 3. The van der Waals surface area contributed by atoms with Crippen LogP contribution in [0.15, 0.2) is 0 Å². The lowest BCUT2D eigenvalue weighted by Gasteiger charge is -2.31. The highest BCUT2D eigenvalue weighted by molar-refractivity contribution is 7.86. The summed E-state index contributed by atoms with van der Waals surface area (Å²) in [6.07, 6.45) is 0. The van der Waals surface area contributed by atoms with Crippen molar-refractivity contribution in [3.63, 3.8) is 0 Å². The molecule has 1 saturated heterocycles. The van der Waals surface area contributed by atoms with E-state index in [1.165, 1.54) is 0 Å². The van der Waals surface area contributed by atoms with Gasteiger partial charge in [0.05, 0.1) is 5.75 Å². The Morgan fingerprint density at radius 1 is 1.23 bits per heavy atom. The molecule has 0 saturated carbocycles. The van der Waals surface area contributed by atoms with Crippen molar-refractivity contribution < 1.29 is 12.3 Å². The molecule has 4 nitrogen and oxygen atoms in total. The van der Waals surface area contributed by atoms with Gasteiger partial charge < -0.3 is 4.90 Å². The van der Waals surface area contributed by atoms with E-state index in [-0.39, 0.29) is 5.75 Å². The SMILES string of the molecule is CN1CCN(CCS(=O)(=O)F)CC1. The van der Waals surface area contributed by atoms with E-state index >= 15 is 0 Å².